The summed E-state index contributed by atoms with van der Waals surface area (Å²) in [6.45, 7) is 2.65. The third kappa shape index (κ3) is 9.00. The number of rotatable bonds is 7. The predicted molar refractivity (Wildman–Crippen MR) is 57.9 cm³/mol. The van der Waals surface area contributed by atoms with Crippen molar-refractivity contribution in [1.82, 2.24) is 5.32 Å². The van der Waals surface area contributed by atoms with Gasteiger partial charge < -0.3 is 10.4 Å². The second-order valence-electron chi connectivity index (χ2n) is 2.94. The first-order valence-electron chi connectivity index (χ1n) is 4.97. The minimum absolute atomic E-state index is 0.0293. The van der Waals surface area contributed by atoms with E-state index in [2.05, 4.69) is 5.32 Å². The molecule has 0 fully saturated rings. The van der Waals surface area contributed by atoms with E-state index < -0.39 is 0 Å². The van der Waals surface area contributed by atoms with Gasteiger partial charge in [-0.05, 0) is 32.3 Å². The number of allylic oxidation sites excluding steroid dienone is 2. The normalized spacial score (nSPS) is 11.3. The van der Waals surface area contributed by atoms with Crippen LogP contribution in [0.5, 0.6) is 0 Å². The van der Waals surface area contributed by atoms with E-state index in [0.717, 1.165) is 25.8 Å². The number of carbonyl (C=O) groups is 1. The molecule has 0 aliphatic carbocycles. The summed E-state index contributed by atoms with van der Waals surface area (Å²) in [6.07, 6.45) is 9.89. The number of unbranched alkanes of at least 4 members (excludes halogenated alkanes) is 2. The zero-order valence-electron chi connectivity index (χ0n) is 8.70. The van der Waals surface area contributed by atoms with Gasteiger partial charge in [-0.15, -0.1) is 0 Å². The number of amides is 1. The van der Waals surface area contributed by atoms with Gasteiger partial charge in [-0.25, -0.2) is 0 Å². The third-order valence-electron chi connectivity index (χ3n) is 1.69. The molecule has 0 rings (SSSR count). The molecule has 0 bridgehead atoms. The first-order chi connectivity index (χ1) is 6.81. The van der Waals surface area contributed by atoms with E-state index in [-0.39, 0.29) is 12.5 Å². The van der Waals surface area contributed by atoms with Crippen molar-refractivity contribution in [3.05, 3.63) is 24.3 Å². The SMILES string of the molecule is C/C=C/C(=O)NCCCC/C=C/CO. The molecule has 1 amide bonds. The fraction of sp³-hybridized carbons (Fsp3) is 0.545. The molecule has 0 aromatic rings. The van der Waals surface area contributed by atoms with Crippen LogP contribution in [0.25, 0.3) is 0 Å². The maximum absolute atomic E-state index is 10.9. The Morgan fingerprint density at radius 2 is 2.14 bits per heavy atom. The van der Waals surface area contributed by atoms with E-state index in [4.69, 9.17) is 5.11 Å². The Morgan fingerprint density at radius 3 is 2.79 bits per heavy atom. The van der Waals surface area contributed by atoms with E-state index >= 15 is 0 Å². The molecule has 0 heterocycles. The van der Waals surface area contributed by atoms with Crippen LogP contribution in [0.1, 0.15) is 26.2 Å². The summed E-state index contributed by atoms with van der Waals surface area (Å²) < 4.78 is 0. The summed E-state index contributed by atoms with van der Waals surface area (Å²) >= 11 is 0. The first-order valence-corrected chi connectivity index (χ1v) is 4.97. The van der Waals surface area contributed by atoms with E-state index in [0.29, 0.717) is 0 Å². The van der Waals surface area contributed by atoms with Crippen LogP contribution in [0.3, 0.4) is 0 Å². The smallest absolute Gasteiger partial charge is 0.243 e. The van der Waals surface area contributed by atoms with Gasteiger partial charge in [-0.3, -0.25) is 4.79 Å². The summed E-state index contributed by atoms with van der Waals surface area (Å²) in [5, 5.41) is 11.2. The molecule has 3 heteroatoms. The monoisotopic (exact) mass is 197 g/mol. The van der Waals surface area contributed by atoms with Gasteiger partial charge >= 0.3 is 0 Å². The topological polar surface area (TPSA) is 49.3 Å². The van der Waals surface area contributed by atoms with Gasteiger partial charge in [0.2, 0.25) is 5.91 Å². The van der Waals surface area contributed by atoms with Crippen LogP contribution in [-0.4, -0.2) is 24.2 Å². The van der Waals surface area contributed by atoms with Gasteiger partial charge in [0.25, 0.3) is 0 Å². The fourth-order valence-corrected chi connectivity index (χ4v) is 1.00. The van der Waals surface area contributed by atoms with Crippen LogP contribution in [0.4, 0.5) is 0 Å². The van der Waals surface area contributed by atoms with Crippen molar-refractivity contribution in [1.29, 1.82) is 0 Å². The third-order valence-corrected chi connectivity index (χ3v) is 1.69. The lowest BCUT2D eigenvalue weighted by Gasteiger charge is -2.00. The highest BCUT2D eigenvalue weighted by Crippen LogP contribution is 1.94. The van der Waals surface area contributed by atoms with Crippen molar-refractivity contribution in [2.24, 2.45) is 0 Å². The van der Waals surface area contributed by atoms with Crippen molar-refractivity contribution in [2.75, 3.05) is 13.2 Å². The highest BCUT2D eigenvalue weighted by atomic mass is 16.2. The second kappa shape index (κ2) is 9.99. The Morgan fingerprint density at radius 1 is 1.36 bits per heavy atom. The molecule has 2 N–H and O–H groups in total. The zero-order chi connectivity index (χ0) is 10.6. The minimum atomic E-state index is -0.0293. The highest BCUT2D eigenvalue weighted by Gasteiger charge is 1.92. The van der Waals surface area contributed by atoms with Crippen LogP contribution in [0, 0.1) is 0 Å². The van der Waals surface area contributed by atoms with Gasteiger partial charge in [0.05, 0.1) is 6.61 Å². The van der Waals surface area contributed by atoms with Gasteiger partial charge in [0, 0.05) is 6.54 Å². The van der Waals surface area contributed by atoms with Gasteiger partial charge in [0.1, 0.15) is 0 Å². The Balaban J connectivity index is 3.21. The van der Waals surface area contributed by atoms with Crippen LogP contribution in [-0.2, 0) is 4.79 Å². The van der Waals surface area contributed by atoms with E-state index in [1.54, 1.807) is 12.2 Å². The summed E-state index contributed by atoms with van der Waals surface area (Å²) in [7, 11) is 0. The van der Waals surface area contributed by atoms with Gasteiger partial charge in [-0.1, -0.05) is 18.2 Å². The molecular formula is C11H19NO2. The molecule has 0 atom stereocenters. The molecule has 80 valence electrons. The van der Waals surface area contributed by atoms with E-state index in [1.807, 2.05) is 13.0 Å². The Kier molecular flexibility index (Phi) is 9.22. The molecule has 14 heavy (non-hydrogen) atoms. The van der Waals surface area contributed by atoms with Crippen molar-refractivity contribution >= 4 is 5.91 Å². The molecule has 0 saturated heterocycles. The standard InChI is InChI=1S/C11H19NO2/c1-2-8-11(14)12-9-6-4-3-5-7-10-13/h2,5,7-8,13H,3-4,6,9-10H2,1H3,(H,12,14)/b7-5+,8-2+. The van der Waals surface area contributed by atoms with E-state index in [9.17, 15) is 4.79 Å². The summed E-state index contributed by atoms with van der Waals surface area (Å²) in [6, 6.07) is 0. The molecule has 0 aliphatic heterocycles. The lowest BCUT2D eigenvalue weighted by molar-refractivity contribution is -0.116. The Labute approximate surface area is 85.5 Å². The Bertz CT molecular complexity index is 197. The Hall–Kier alpha value is -1.09. The number of nitrogens with one attached hydrogen (secondary N) is 1. The zero-order valence-corrected chi connectivity index (χ0v) is 8.70. The minimum Gasteiger partial charge on any atom is -0.392 e. The molecule has 0 aromatic heterocycles. The molecule has 3 nitrogen and oxygen atoms in total. The molecule has 0 saturated carbocycles. The van der Waals surface area contributed by atoms with Gasteiger partial charge in [-0.2, -0.15) is 0 Å². The summed E-state index contributed by atoms with van der Waals surface area (Å²) in [4.78, 5) is 10.9. The molecule has 0 aromatic carbocycles. The summed E-state index contributed by atoms with van der Waals surface area (Å²) in [5.41, 5.74) is 0. The highest BCUT2D eigenvalue weighted by molar-refractivity contribution is 5.87. The number of aliphatic hydroxyl groups excluding tert-OH is 1. The average Bonchev–Trinajstić information content (AvgIpc) is 2.17. The number of hydrogen-bond donors (Lipinski definition) is 2. The van der Waals surface area contributed by atoms with Crippen LogP contribution in [0.15, 0.2) is 24.3 Å². The van der Waals surface area contributed by atoms with Crippen molar-refractivity contribution < 1.29 is 9.90 Å². The maximum atomic E-state index is 10.9. The van der Waals surface area contributed by atoms with Crippen LogP contribution >= 0.6 is 0 Å². The summed E-state index contributed by atoms with van der Waals surface area (Å²) in [5.74, 6) is -0.0293. The maximum Gasteiger partial charge on any atom is 0.243 e. The lowest BCUT2D eigenvalue weighted by Crippen LogP contribution is -2.21. The quantitative estimate of drug-likeness (QED) is 0.368. The van der Waals surface area contributed by atoms with Crippen LogP contribution < -0.4 is 5.32 Å². The number of carbonyl (C=O) groups excluding carboxylic acids is 1. The fourth-order valence-electron chi connectivity index (χ4n) is 1.00. The van der Waals surface area contributed by atoms with Crippen molar-refractivity contribution in [3.8, 4) is 0 Å². The molecule has 0 spiro atoms. The number of aliphatic hydroxyl groups is 1. The lowest BCUT2D eigenvalue weighted by atomic mass is 10.2. The largest absolute Gasteiger partial charge is 0.392 e. The number of hydrogen-bond acceptors (Lipinski definition) is 2. The van der Waals surface area contributed by atoms with E-state index in [1.165, 1.54) is 6.08 Å². The molecular weight excluding hydrogens is 178 g/mol. The van der Waals surface area contributed by atoms with Crippen LogP contribution in [0.2, 0.25) is 0 Å². The average molecular weight is 197 g/mol. The van der Waals surface area contributed by atoms with Gasteiger partial charge in [0.15, 0.2) is 0 Å². The molecule has 0 unspecified atom stereocenters. The van der Waals surface area contributed by atoms with Crippen molar-refractivity contribution in [3.63, 3.8) is 0 Å². The first kappa shape index (κ1) is 12.9. The predicted octanol–water partition coefficient (Wildman–Crippen LogP) is 1.40. The molecule has 0 aliphatic rings. The second-order valence-corrected chi connectivity index (χ2v) is 2.94. The molecule has 0 radical (unpaired) electrons. The van der Waals surface area contributed by atoms with Crippen molar-refractivity contribution in [2.45, 2.75) is 26.2 Å².